The van der Waals surface area contributed by atoms with Crippen molar-refractivity contribution in [3.63, 3.8) is 0 Å². The minimum atomic E-state index is -0.0667. The molecule has 1 aliphatic heterocycles. The maximum atomic E-state index is 11.8. The van der Waals surface area contributed by atoms with Crippen LogP contribution in [0.5, 0.6) is 0 Å². The summed E-state index contributed by atoms with van der Waals surface area (Å²) < 4.78 is 7.10. The first-order valence-electron chi connectivity index (χ1n) is 5.72. The van der Waals surface area contributed by atoms with Gasteiger partial charge in [0.25, 0.3) is 5.56 Å². The van der Waals surface area contributed by atoms with Gasteiger partial charge in [-0.3, -0.25) is 4.79 Å². The molecule has 0 aromatic carbocycles. The lowest BCUT2D eigenvalue weighted by Gasteiger charge is -2.11. The normalized spacial score (nSPS) is 19.9. The number of aromatic nitrogens is 2. The van der Waals surface area contributed by atoms with E-state index >= 15 is 0 Å². The van der Waals surface area contributed by atoms with Crippen LogP contribution in [-0.4, -0.2) is 28.8 Å². The summed E-state index contributed by atoms with van der Waals surface area (Å²) in [6, 6.07) is 0. The molecule has 1 aromatic rings. The van der Waals surface area contributed by atoms with Gasteiger partial charge in [-0.2, -0.15) is 0 Å². The lowest BCUT2D eigenvalue weighted by molar-refractivity contribution is 0.120. The summed E-state index contributed by atoms with van der Waals surface area (Å²) in [5.41, 5.74) is -0.0667. The van der Waals surface area contributed by atoms with Crippen LogP contribution in [0.25, 0.3) is 0 Å². The highest BCUT2D eigenvalue weighted by atomic mass is 16.5. The molecule has 1 fully saturated rings. The smallest absolute Gasteiger partial charge is 0.293 e. The van der Waals surface area contributed by atoms with Gasteiger partial charge >= 0.3 is 0 Å². The molecule has 5 nitrogen and oxygen atoms in total. The zero-order valence-corrected chi connectivity index (χ0v) is 9.48. The number of rotatable bonds is 4. The fraction of sp³-hybridized carbons (Fsp3) is 0.636. The fourth-order valence-electron chi connectivity index (χ4n) is 1.83. The van der Waals surface area contributed by atoms with Crippen molar-refractivity contribution < 1.29 is 4.74 Å². The van der Waals surface area contributed by atoms with Crippen LogP contribution in [0.3, 0.4) is 0 Å². The monoisotopic (exact) mass is 223 g/mol. The van der Waals surface area contributed by atoms with Crippen molar-refractivity contribution >= 4 is 5.82 Å². The Balaban J connectivity index is 2.00. The van der Waals surface area contributed by atoms with Crippen LogP contribution in [0.1, 0.15) is 19.8 Å². The van der Waals surface area contributed by atoms with E-state index in [0.29, 0.717) is 18.9 Å². The molecule has 2 heterocycles. The molecule has 88 valence electrons. The Labute approximate surface area is 94.5 Å². The van der Waals surface area contributed by atoms with Crippen molar-refractivity contribution in [3.05, 3.63) is 22.7 Å². The van der Waals surface area contributed by atoms with Gasteiger partial charge in [0.1, 0.15) is 0 Å². The number of nitrogens with zero attached hydrogens (tertiary/aromatic N) is 2. The van der Waals surface area contributed by atoms with Gasteiger partial charge in [0.15, 0.2) is 5.82 Å². The third-order valence-electron chi connectivity index (χ3n) is 2.78. The van der Waals surface area contributed by atoms with Crippen molar-refractivity contribution in [1.29, 1.82) is 0 Å². The number of hydrogen-bond donors (Lipinski definition) is 1. The molecule has 0 aliphatic carbocycles. The highest BCUT2D eigenvalue weighted by Crippen LogP contribution is 2.11. The molecular weight excluding hydrogens is 206 g/mol. The maximum Gasteiger partial charge on any atom is 0.293 e. The highest BCUT2D eigenvalue weighted by Gasteiger charge is 2.15. The second kappa shape index (κ2) is 5.12. The van der Waals surface area contributed by atoms with Crippen molar-refractivity contribution in [3.8, 4) is 0 Å². The first-order valence-corrected chi connectivity index (χ1v) is 5.72. The second-order valence-corrected chi connectivity index (χ2v) is 3.88. The van der Waals surface area contributed by atoms with Gasteiger partial charge in [-0.1, -0.05) is 0 Å². The van der Waals surface area contributed by atoms with Gasteiger partial charge in [-0.25, -0.2) is 4.98 Å². The average molecular weight is 223 g/mol. The predicted molar refractivity (Wildman–Crippen MR) is 61.6 cm³/mol. The molecule has 1 aromatic heterocycles. The Hall–Kier alpha value is -1.36. The van der Waals surface area contributed by atoms with Gasteiger partial charge in [-0.15, -0.1) is 0 Å². The van der Waals surface area contributed by atoms with Crippen molar-refractivity contribution in [2.75, 3.05) is 18.5 Å². The van der Waals surface area contributed by atoms with E-state index in [-0.39, 0.29) is 11.7 Å². The largest absolute Gasteiger partial charge is 0.376 e. The van der Waals surface area contributed by atoms with Crippen molar-refractivity contribution in [2.45, 2.75) is 32.4 Å². The summed E-state index contributed by atoms with van der Waals surface area (Å²) in [5, 5.41) is 3.06. The molecule has 5 heteroatoms. The minimum absolute atomic E-state index is 0.0667. The molecule has 0 saturated carbocycles. The van der Waals surface area contributed by atoms with Crippen LogP contribution < -0.4 is 10.9 Å². The van der Waals surface area contributed by atoms with E-state index in [1.807, 2.05) is 6.92 Å². The standard InChI is InChI=1S/C11H17N3O2/c1-2-14-6-5-12-10(11(14)15)13-8-9-4-3-7-16-9/h5-6,9H,2-4,7-8H2,1H3,(H,12,13). The van der Waals surface area contributed by atoms with E-state index in [1.165, 1.54) is 0 Å². The summed E-state index contributed by atoms with van der Waals surface area (Å²) in [6.45, 7) is 4.09. The summed E-state index contributed by atoms with van der Waals surface area (Å²) >= 11 is 0. The van der Waals surface area contributed by atoms with Gasteiger partial charge < -0.3 is 14.6 Å². The van der Waals surface area contributed by atoms with Crippen LogP contribution in [0.4, 0.5) is 5.82 Å². The van der Waals surface area contributed by atoms with Crippen LogP contribution in [0, 0.1) is 0 Å². The lowest BCUT2D eigenvalue weighted by atomic mass is 10.2. The van der Waals surface area contributed by atoms with Crippen LogP contribution in [0.15, 0.2) is 17.2 Å². The first-order chi connectivity index (χ1) is 7.81. The van der Waals surface area contributed by atoms with E-state index in [2.05, 4.69) is 10.3 Å². The van der Waals surface area contributed by atoms with E-state index < -0.39 is 0 Å². The topological polar surface area (TPSA) is 56.1 Å². The molecular formula is C11H17N3O2. The Kier molecular flexibility index (Phi) is 3.56. The number of hydrogen-bond acceptors (Lipinski definition) is 4. The Bertz CT molecular complexity index is 396. The molecule has 0 radical (unpaired) electrons. The third-order valence-corrected chi connectivity index (χ3v) is 2.78. The van der Waals surface area contributed by atoms with E-state index in [1.54, 1.807) is 17.0 Å². The molecule has 2 rings (SSSR count). The Morgan fingerprint density at radius 3 is 3.25 bits per heavy atom. The molecule has 16 heavy (non-hydrogen) atoms. The quantitative estimate of drug-likeness (QED) is 0.822. The zero-order chi connectivity index (χ0) is 11.4. The number of anilines is 1. The average Bonchev–Trinajstić information content (AvgIpc) is 2.81. The summed E-state index contributed by atoms with van der Waals surface area (Å²) in [4.78, 5) is 15.8. The third kappa shape index (κ3) is 2.41. The van der Waals surface area contributed by atoms with Gasteiger partial charge in [0.2, 0.25) is 0 Å². The van der Waals surface area contributed by atoms with Crippen LogP contribution >= 0.6 is 0 Å². The molecule has 1 aliphatic rings. The molecule has 1 N–H and O–H groups in total. The molecule has 0 amide bonds. The molecule has 1 unspecified atom stereocenters. The SMILES string of the molecule is CCn1ccnc(NCC2CCCO2)c1=O. The first kappa shape index (κ1) is 11.1. The number of aryl methyl sites for hydroxylation is 1. The molecule has 0 bridgehead atoms. The summed E-state index contributed by atoms with van der Waals surface area (Å²) in [5.74, 6) is 0.417. The van der Waals surface area contributed by atoms with E-state index in [4.69, 9.17) is 4.74 Å². The van der Waals surface area contributed by atoms with E-state index in [9.17, 15) is 4.79 Å². The van der Waals surface area contributed by atoms with E-state index in [0.717, 1.165) is 19.4 Å². The van der Waals surface area contributed by atoms with Gasteiger partial charge in [-0.05, 0) is 19.8 Å². The van der Waals surface area contributed by atoms with Crippen molar-refractivity contribution in [1.82, 2.24) is 9.55 Å². The van der Waals surface area contributed by atoms with Crippen LogP contribution in [0.2, 0.25) is 0 Å². The van der Waals surface area contributed by atoms with Crippen LogP contribution in [-0.2, 0) is 11.3 Å². The Morgan fingerprint density at radius 1 is 1.69 bits per heavy atom. The molecule has 1 atom stereocenters. The second-order valence-electron chi connectivity index (χ2n) is 3.88. The highest BCUT2D eigenvalue weighted by molar-refractivity contribution is 5.30. The molecule has 1 saturated heterocycles. The zero-order valence-electron chi connectivity index (χ0n) is 9.48. The predicted octanol–water partition coefficient (Wildman–Crippen LogP) is 0.854. The summed E-state index contributed by atoms with van der Waals surface area (Å²) in [6.07, 6.45) is 5.72. The molecule has 0 spiro atoms. The van der Waals surface area contributed by atoms with Gasteiger partial charge in [0, 0.05) is 32.1 Å². The number of nitrogens with one attached hydrogen (secondary N) is 1. The van der Waals surface area contributed by atoms with Gasteiger partial charge in [0.05, 0.1) is 6.10 Å². The fourth-order valence-corrected chi connectivity index (χ4v) is 1.83. The number of ether oxygens (including phenoxy) is 1. The van der Waals surface area contributed by atoms with Crippen molar-refractivity contribution in [2.24, 2.45) is 0 Å². The minimum Gasteiger partial charge on any atom is -0.376 e. The lowest BCUT2D eigenvalue weighted by Crippen LogP contribution is -2.27. The summed E-state index contributed by atoms with van der Waals surface area (Å²) in [7, 11) is 0. The Morgan fingerprint density at radius 2 is 2.56 bits per heavy atom. The maximum absolute atomic E-state index is 11.8.